The Bertz CT molecular complexity index is 630. The predicted octanol–water partition coefficient (Wildman–Crippen LogP) is 1.17. The first kappa shape index (κ1) is 20.7. The van der Waals surface area contributed by atoms with Crippen molar-refractivity contribution in [2.45, 2.75) is 73.0 Å². The first-order valence-corrected chi connectivity index (χ1v) is 9.22. The maximum atomic E-state index is 13.7. The number of carbonyl (C=O) groups is 3. The summed E-state index contributed by atoms with van der Waals surface area (Å²) in [6.45, 7) is 16.0. The van der Waals surface area contributed by atoms with E-state index in [9.17, 15) is 14.4 Å². The highest BCUT2D eigenvalue weighted by Crippen LogP contribution is 2.73. The highest BCUT2D eigenvalue weighted by molar-refractivity contribution is 6.02. The molecular weight excluding hydrogens is 332 g/mol. The maximum Gasteiger partial charge on any atom is 0.315 e. The zero-order valence-electron chi connectivity index (χ0n) is 17.2. The number of rotatable bonds is 4. The number of urea groups is 1. The number of amides is 3. The van der Waals surface area contributed by atoms with Gasteiger partial charge in [-0.25, -0.2) is 4.79 Å². The molecule has 0 spiro atoms. The van der Waals surface area contributed by atoms with Crippen LogP contribution in [0.15, 0.2) is 0 Å². The van der Waals surface area contributed by atoms with Crippen LogP contribution < -0.4 is 21.7 Å². The van der Waals surface area contributed by atoms with Gasteiger partial charge >= 0.3 is 6.03 Å². The number of Topliss-reactive ketones (excluding diaryl/α,β-unsaturated/α-hetero) is 1. The van der Waals surface area contributed by atoms with Crippen LogP contribution in [0.1, 0.15) is 55.4 Å². The van der Waals surface area contributed by atoms with Gasteiger partial charge in [-0.3, -0.25) is 9.59 Å². The first-order chi connectivity index (χ1) is 11.6. The Balaban J connectivity index is 2.36. The van der Waals surface area contributed by atoms with Gasteiger partial charge in [0.25, 0.3) is 0 Å². The zero-order chi connectivity index (χ0) is 20.3. The SMILES string of the molecule is CC(C)(C)NC(=O)N[C@H](C(=O)C12C(C(N)=O)NCC1C2(C)C)C(C)(C)C. The van der Waals surface area contributed by atoms with E-state index in [1.165, 1.54) is 0 Å². The number of nitrogens with two attached hydrogens (primary N) is 1. The Morgan fingerprint density at radius 1 is 1.12 bits per heavy atom. The fourth-order valence-electron chi connectivity index (χ4n) is 4.67. The van der Waals surface area contributed by atoms with Crippen molar-refractivity contribution in [3.63, 3.8) is 0 Å². The van der Waals surface area contributed by atoms with Gasteiger partial charge in [0.2, 0.25) is 5.91 Å². The maximum absolute atomic E-state index is 13.7. The van der Waals surface area contributed by atoms with E-state index in [2.05, 4.69) is 16.0 Å². The second-order valence-corrected chi connectivity index (χ2v) is 10.4. The Kier molecular flexibility index (Phi) is 4.72. The summed E-state index contributed by atoms with van der Waals surface area (Å²) >= 11 is 0. The molecular formula is C19H34N4O3. The minimum atomic E-state index is -0.869. The fourth-order valence-corrected chi connectivity index (χ4v) is 4.67. The second-order valence-electron chi connectivity index (χ2n) is 10.4. The number of fused-ring (bicyclic) bond motifs is 1. The van der Waals surface area contributed by atoms with Crippen LogP contribution in [-0.4, -0.2) is 41.9 Å². The summed E-state index contributed by atoms with van der Waals surface area (Å²) in [6, 6.07) is -1.82. The van der Waals surface area contributed by atoms with Crippen molar-refractivity contribution in [3.8, 4) is 0 Å². The minimum Gasteiger partial charge on any atom is -0.368 e. The topological polar surface area (TPSA) is 113 Å². The highest BCUT2D eigenvalue weighted by Gasteiger charge is 2.82. The van der Waals surface area contributed by atoms with Gasteiger partial charge in [0.05, 0.1) is 11.5 Å². The molecule has 148 valence electrons. The molecule has 0 bridgehead atoms. The summed E-state index contributed by atoms with van der Waals surface area (Å²) in [5.74, 6) is -0.589. The lowest BCUT2D eigenvalue weighted by Gasteiger charge is -2.36. The molecule has 7 heteroatoms. The molecule has 2 rings (SSSR count). The Labute approximate surface area is 156 Å². The van der Waals surface area contributed by atoms with Crippen molar-refractivity contribution in [1.29, 1.82) is 0 Å². The van der Waals surface area contributed by atoms with Gasteiger partial charge in [0.15, 0.2) is 5.78 Å². The molecule has 4 atom stereocenters. The van der Waals surface area contributed by atoms with Crippen molar-refractivity contribution < 1.29 is 14.4 Å². The fraction of sp³-hybridized carbons (Fsp3) is 0.842. The largest absolute Gasteiger partial charge is 0.368 e. The van der Waals surface area contributed by atoms with Crippen LogP contribution >= 0.6 is 0 Å². The van der Waals surface area contributed by atoms with Gasteiger partial charge in [-0.15, -0.1) is 0 Å². The molecule has 0 aromatic rings. The van der Waals surface area contributed by atoms with Crippen LogP contribution in [0.2, 0.25) is 0 Å². The van der Waals surface area contributed by atoms with E-state index < -0.39 is 40.4 Å². The molecule has 0 radical (unpaired) electrons. The van der Waals surface area contributed by atoms with E-state index in [0.717, 1.165) is 0 Å². The molecule has 2 fully saturated rings. The molecule has 2 aliphatic rings. The third-order valence-corrected chi connectivity index (χ3v) is 5.97. The van der Waals surface area contributed by atoms with E-state index in [1.807, 2.05) is 55.4 Å². The lowest BCUT2D eigenvalue weighted by molar-refractivity contribution is -0.135. The Hall–Kier alpha value is -1.63. The number of hydrogen-bond acceptors (Lipinski definition) is 4. The molecule has 1 aliphatic carbocycles. The van der Waals surface area contributed by atoms with Crippen LogP contribution in [0, 0.1) is 22.2 Å². The van der Waals surface area contributed by atoms with Gasteiger partial charge in [0, 0.05) is 12.1 Å². The number of carbonyl (C=O) groups excluding carboxylic acids is 3. The summed E-state index contributed by atoms with van der Waals surface area (Å²) in [5, 5.41) is 8.81. The van der Waals surface area contributed by atoms with Gasteiger partial charge in [-0.2, -0.15) is 0 Å². The molecule has 7 nitrogen and oxygen atoms in total. The van der Waals surface area contributed by atoms with Crippen LogP contribution in [0.25, 0.3) is 0 Å². The van der Waals surface area contributed by atoms with Crippen LogP contribution in [0.4, 0.5) is 4.79 Å². The van der Waals surface area contributed by atoms with E-state index >= 15 is 0 Å². The quantitative estimate of drug-likeness (QED) is 0.598. The number of nitrogens with one attached hydrogen (secondary N) is 3. The standard InChI is InChI=1S/C19H34N4O3/c1-16(2,3)11(22-15(26)23-17(4,5)6)13(24)19-10(18(19,7)8)9-21-12(19)14(20)25/h10-12,21H,9H2,1-8H3,(H2,20,25)(H2,22,23,26)/t10?,11-,12?,19?/m1/s1. The number of piperidine rings is 1. The van der Waals surface area contributed by atoms with Gasteiger partial charge in [-0.1, -0.05) is 34.6 Å². The third kappa shape index (κ3) is 3.10. The molecule has 5 N–H and O–H groups in total. The summed E-state index contributed by atoms with van der Waals surface area (Å²) in [7, 11) is 0. The number of ketones is 1. The lowest BCUT2D eigenvalue weighted by Crippen LogP contribution is -2.60. The normalized spacial score (nSPS) is 30.9. The number of primary amides is 1. The van der Waals surface area contributed by atoms with Crippen molar-refractivity contribution in [3.05, 3.63) is 0 Å². The van der Waals surface area contributed by atoms with E-state index in [1.54, 1.807) is 0 Å². The second kappa shape index (κ2) is 5.94. The summed E-state index contributed by atoms with van der Waals surface area (Å²) in [5.41, 5.74) is 3.48. The first-order valence-electron chi connectivity index (χ1n) is 9.22. The molecule has 3 amide bonds. The number of hydrogen-bond donors (Lipinski definition) is 4. The molecule has 3 unspecified atom stereocenters. The monoisotopic (exact) mass is 366 g/mol. The molecule has 26 heavy (non-hydrogen) atoms. The van der Waals surface area contributed by atoms with E-state index in [-0.39, 0.29) is 17.1 Å². The van der Waals surface area contributed by atoms with E-state index in [0.29, 0.717) is 6.54 Å². The smallest absolute Gasteiger partial charge is 0.315 e. The molecule has 1 aliphatic heterocycles. The summed E-state index contributed by atoms with van der Waals surface area (Å²) in [4.78, 5) is 38.2. The van der Waals surface area contributed by atoms with Crippen molar-refractivity contribution in [1.82, 2.24) is 16.0 Å². The van der Waals surface area contributed by atoms with Crippen molar-refractivity contribution in [2.24, 2.45) is 27.9 Å². The van der Waals surface area contributed by atoms with Crippen LogP contribution in [0.3, 0.4) is 0 Å². The van der Waals surface area contributed by atoms with Crippen molar-refractivity contribution >= 4 is 17.7 Å². The van der Waals surface area contributed by atoms with Gasteiger partial charge in [0.1, 0.15) is 6.04 Å². The van der Waals surface area contributed by atoms with Gasteiger partial charge < -0.3 is 21.7 Å². The van der Waals surface area contributed by atoms with E-state index in [4.69, 9.17) is 5.73 Å². The minimum absolute atomic E-state index is 0.0392. The predicted molar refractivity (Wildman–Crippen MR) is 100 cm³/mol. The highest BCUT2D eigenvalue weighted by atomic mass is 16.2. The molecule has 1 saturated carbocycles. The average Bonchev–Trinajstić information content (AvgIpc) is 2.78. The Morgan fingerprint density at radius 3 is 2.04 bits per heavy atom. The molecule has 0 aromatic heterocycles. The molecule has 0 aromatic carbocycles. The summed E-state index contributed by atoms with van der Waals surface area (Å²) < 4.78 is 0. The van der Waals surface area contributed by atoms with Crippen molar-refractivity contribution in [2.75, 3.05) is 6.54 Å². The average molecular weight is 367 g/mol. The zero-order valence-corrected chi connectivity index (χ0v) is 17.2. The summed E-state index contributed by atoms with van der Waals surface area (Å²) in [6.07, 6.45) is 0. The molecule has 1 heterocycles. The Morgan fingerprint density at radius 2 is 1.65 bits per heavy atom. The van der Waals surface area contributed by atoms with Crippen LogP contribution in [0.5, 0.6) is 0 Å². The molecule has 1 saturated heterocycles. The van der Waals surface area contributed by atoms with Gasteiger partial charge in [-0.05, 0) is 37.5 Å². The third-order valence-electron chi connectivity index (χ3n) is 5.97. The van der Waals surface area contributed by atoms with Crippen LogP contribution in [-0.2, 0) is 9.59 Å². The lowest BCUT2D eigenvalue weighted by atomic mass is 9.74.